The van der Waals surface area contributed by atoms with Gasteiger partial charge in [-0.15, -0.1) is 0 Å². The van der Waals surface area contributed by atoms with Crippen molar-refractivity contribution in [3.8, 4) is 0 Å². The van der Waals surface area contributed by atoms with E-state index in [1.54, 1.807) is 25.3 Å². The molecule has 5 aliphatic heterocycles. The van der Waals surface area contributed by atoms with Gasteiger partial charge in [0.2, 0.25) is 5.78 Å². The number of aliphatic hydroxyl groups excluding tert-OH is 1. The van der Waals surface area contributed by atoms with Crippen molar-refractivity contribution >= 4 is 34.9 Å². The lowest BCUT2D eigenvalue weighted by atomic mass is 9.83. The number of aliphatic imine (C=N–C) groups is 3. The summed E-state index contributed by atoms with van der Waals surface area (Å²) in [6, 6.07) is 0. The number of ether oxygens (including phenoxy) is 2. The molecule has 1 saturated heterocycles. The van der Waals surface area contributed by atoms with Gasteiger partial charge < -0.3 is 25.0 Å². The summed E-state index contributed by atoms with van der Waals surface area (Å²) in [4.78, 5) is 56.5. The number of carbonyl (C=O) groups is 3. The molecule has 0 aromatic rings. The van der Waals surface area contributed by atoms with Gasteiger partial charge in [0.05, 0.1) is 59.4 Å². The van der Waals surface area contributed by atoms with E-state index in [1.165, 1.54) is 38.5 Å². The van der Waals surface area contributed by atoms with E-state index < -0.39 is 29.2 Å². The zero-order chi connectivity index (χ0) is 47.3. The lowest BCUT2D eigenvalue weighted by Gasteiger charge is -2.24. The molecule has 6 aliphatic rings. The third-order valence-corrected chi connectivity index (χ3v) is 14.1. The molecule has 65 heavy (non-hydrogen) atoms. The Labute approximate surface area is 386 Å². The van der Waals surface area contributed by atoms with Crippen LogP contribution in [0.3, 0.4) is 0 Å². The maximum atomic E-state index is 14.5. The van der Waals surface area contributed by atoms with E-state index in [2.05, 4.69) is 39.6 Å². The van der Waals surface area contributed by atoms with Crippen molar-refractivity contribution in [1.29, 1.82) is 0 Å². The summed E-state index contributed by atoms with van der Waals surface area (Å²) in [7, 11) is 1.13. The number of aliphatic hydroxyl groups is 2. The zero-order valence-corrected chi connectivity index (χ0v) is 40.3. The SMILES string of the molecule is C=CC1=C(C)C2=NC1=CC1=NC(=C(CC)/C1=C\O)C=C1N=C3C(=C1C)C(=O)[C@@](O)(C(=O)OC)C3=C1NC(=C2)[C@@H](C)[C@@H]1CCC(=O)O/C=C(\C)CCCC(C)CCCC(C)CCCC(C)C. The lowest BCUT2D eigenvalue weighted by Crippen LogP contribution is -2.47. The standard InChI is InChI=1S/C54H70N4O7/c1-12-37-34(8)41-25-42-35(9)39(23-24-47(60)65-29-33(7)22-16-21-32(6)20-15-19-31(5)18-14-17-30(3)4)50(57-42)49-51-48(52(61)54(49,63)53(62)64-11)36(10)43(58-51)26-45-38(13-2)40(28-59)46(56-45)27-44(37)55-41/h12,25-32,35,39,57,59,63H,1,13-24H2,2-11H3/b33-29+,40-28+,42-25?,43-26?,44-27?,50-49?/t31?,32?,35-,39-,54+/m0/s1. The van der Waals surface area contributed by atoms with Crippen LogP contribution >= 0.6 is 0 Å². The van der Waals surface area contributed by atoms with Crippen molar-refractivity contribution in [1.82, 2.24) is 5.32 Å². The molecule has 5 atom stereocenters. The quantitative estimate of drug-likeness (QED) is 0.0657. The second-order valence-electron chi connectivity index (χ2n) is 19.3. The molecular weight excluding hydrogens is 817 g/mol. The first-order valence-corrected chi connectivity index (χ1v) is 23.8. The number of hydrogen-bond donors (Lipinski definition) is 3. The largest absolute Gasteiger partial charge is 0.515 e. The normalized spacial score (nSPS) is 24.3. The summed E-state index contributed by atoms with van der Waals surface area (Å²) in [6.45, 7) is 23.0. The number of allylic oxidation sites excluding steroid dienone is 11. The molecule has 0 spiro atoms. The summed E-state index contributed by atoms with van der Waals surface area (Å²) in [6.07, 6.45) is 21.4. The number of nitrogens with one attached hydrogen (secondary N) is 1. The summed E-state index contributed by atoms with van der Waals surface area (Å²) >= 11 is 0. The zero-order valence-electron chi connectivity index (χ0n) is 40.3. The molecule has 0 aromatic heterocycles. The number of fused-ring (bicyclic) bond motifs is 5. The first-order valence-electron chi connectivity index (χ1n) is 23.8. The first-order chi connectivity index (χ1) is 31.0. The second-order valence-corrected chi connectivity index (χ2v) is 19.3. The van der Waals surface area contributed by atoms with Crippen LogP contribution in [0.15, 0.2) is 131 Å². The first kappa shape index (κ1) is 49.0. The maximum Gasteiger partial charge on any atom is 0.351 e. The minimum absolute atomic E-state index is 0.00169. The molecule has 11 nitrogen and oxygen atoms in total. The number of rotatable bonds is 19. The van der Waals surface area contributed by atoms with Crippen molar-refractivity contribution in [2.24, 2.45) is 44.6 Å². The highest BCUT2D eigenvalue weighted by atomic mass is 16.5. The molecule has 0 amide bonds. The van der Waals surface area contributed by atoms with Crippen LogP contribution < -0.4 is 5.32 Å². The number of Topliss-reactive ketones (excluding diaryl/α,β-unsaturated/α-hetero) is 1. The number of carbonyl (C=O) groups excluding carboxylic acids is 3. The molecule has 0 aromatic carbocycles. The molecule has 2 fully saturated rings. The number of hydrogen-bond acceptors (Lipinski definition) is 11. The van der Waals surface area contributed by atoms with E-state index in [0.717, 1.165) is 66.8 Å². The Morgan fingerprint density at radius 3 is 2.23 bits per heavy atom. The van der Waals surface area contributed by atoms with Crippen LogP contribution in [-0.4, -0.2) is 57.8 Å². The fraction of sp³-hybridized carbons (Fsp3) is 0.519. The Kier molecular flexibility index (Phi) is 15.7. The van der Waals surface area contributed by atoms with Crippen molar-refractivity contribution < 1.29 is 34.1 Å². The Morgan fingerprint density at radius 2 is 1.60 bits per heavy atom. The molecule has 348 valence electrons. The second kappa shape index (κ2) is 20.8. The molecule has 2 unspecified atom stereocenters. The van der Waals surface area contributed by atoms with Crippen LogP contribution in [-0.2, 0) is 23.9 Å². The molecule has 3 N–H and O–H groups in total. The van der Waals surface area contributed by atoms with Crippen LogP contribution in [0.5, 0.6) is 0 Å². The van der Waals surface area contributed by atoms with E-state index in [1.807, 2.05) is 39.8 Å². The third-order valence-electron chi connectivity index (χ3n) is 14.1. The van der Waals surface area contributed by atoms with Crippen LogP contribution in [0, 0.1) is 29.6 Å². The van der Waals surface area contributed by atoms with Gasteiger partial charge in [-0.3, -0.25) is 9.59 Å². The van der Waals surface area contributed by atoms with Gasteiger partial charge in [0.1, 0.15) is 0 Å². The average Bonchev–Trinajstić information content (AvgIpc) is 4.01. The maximum absolute atomic E-state index is 14.5. The fourth-order valence-corrected chi connectivity index (χ4v) is 10.0. The van der Waals surface area contributed by atoms with Gasteiger partial charge in [0.25, 0.3) is 5.60 Å². The highest BCUT2D eigenvalue weighted by molar-refractivity contribution is 6.46. The average molecular weight is 887 g/mol. The molecule has 1 aliphatic carbocycles. The predicted octanol–water partition coefficient (Wildman–Crippen LogP) is 11.2. The molecular formula is C54H70N4O7. The number of ketones is 1. The number of methoxy groups -OCH3 is 1. The summed E-state index contributed by atoms with van der Waals surface area (Å²) in [5, 5.41) is 26.3. The molecule has 0 radical (unpaired) electrons. The minimum Gasteiger partial charge on any atom is -0.515 e. The summed E-state index contributed by atoms with van der Waals surface area (Å²) in [5.74, 6) is -0.951. The van der Waals surface area contributed by atoms with E-state index >= 15 is 0 Å². The molecule has 5 heterocycles. The van der Waals surface area contributed by atoms with Gasteiger partial charge in [0, 0.05) is 46.4 Å². The Balaban J connectivity index is 1.27. The van der Waals surface area contributed by atoms with Crippen LogP contribution in [0.25, 0.3) is 0 Å². The van der Waals surface area contributed by atoms with Gasteiger partial charge in [-0.05, 0) is 105 Å². The van der Waals surface area contributed by atoms with Gasteiger partial charge in [-0.2, -0.15) is 0 Å². The highest BCUT2D eigenvalue weighted by Crippen LogP contribution is 2.49. The molecule has 11 heteroatoms. The van der Waals surface area contributed by atoms with Crippen LogP contribution in [0.2, 0.25) is 0 Å². The van der Waals surface area contributed by atoms with Gasteiger partial charge in [0.15, 0.2) is 0 Å². The smallest absolute Gasteiger partial charge is 0.351 e. The molecule has 8 bridgehead atoms. The predicted molar refractivity (Wildman–Crippen MR) is 259 cm³/mol. The van der Waals surface area contributed by atoms with E-state index in [0.29, 0.717) is 63.4 Å². The van der Waals surface area contributed by atoms with Crippen molar-refractivity contribution in [2.45, 2.75) is 145 Å². The fourth-order valence-electron chi connectivity index (χ4n) is 10.0. The third kappa shape index (κ3) is 10.1. The van der Waals surface area contributed by atoms with Crippen LogP contribution in [0.4, 0.5) is 0 Å². The van der Waals surface area contributed by atoms with E-state index in [9.17, 15) is 24.6 Å². The summed E-state index contributed by atoms with van der Waals surface area (Å²) in [5.41, 5.74) is 5.85. The Morgan fingerprint density at radius 1 is 0.923 bits per heavy atom. The van der Waals surface area contributed by atoms with Crippen molar-refractivity contribution in [2.75, 3.05) is 7.11 Å². The molecule has 6 rings (SSSR count). The molecule has 1 saturated carbocycles. The van der Waals surface area contributed by atoms with Crippen LogP contribution in [0.1, 0.15) is 139 Å². The minimum atomic E-state index is -2.70. The monoisotopic (exact) mass is 887 g/mol. The van der Waals surface area contributed by atoms with Gasteiger partial charge in [-0.25, -0.2) is 19.8 Å². The lowest BCUT2D eigenvalue weighted by molar-refractivity contribution is -0.161. The topological polar surface area (TPSA) is 159 Å². The Hall–Kier alpha value is -5.42. The van der Waals surface area contributed by atoms with E-state index in [4.69, 9.17) is 24.5 Å². The summed E-state index contributed by atoms with van der Waals surface area (Å²) < 4.78 is 10.8. The van der Waals surface area contributed by atoms with Gasteiger partial charge in [-0.1, -0.05) is 99.1 Å². The van der Waals surface area contributed by atoms with Gasteiger partial charge >= 0.3 is 11.9 Å². The Bertz CT molecular complexity index is 2390. The van der Waals surface area contributed by atoms with E-state index in [-0.39, 0.29) is 35.6 Å². The van der Waals surface area contributed by atoms with Crippen molar-refractivity contribution in [3.63, 3.8) is 0 Å². The number of esters is 2. The number of nitrogens with zero attached hydrogens (tertiary/aromatic N) is 3. The van der Waals surface area contributed by atoms with Crippen molar-refractivity contribution in [3.05, 3.63) is 116 Å². The highest BCUT2D eigenvalue weighted by Gasteiger charge is 2.62.